The molecule has 0 heterocycles. The molecule has 0 aliphatic carbocycles. The number of benzene rings is 1. The molecule has 150 valence electrons. The Labute approximate surface area is 159 Å². The molecule has 9 heteroatoms. The lowest BCUT2D eigenvalue weighted by Gasteiger charge is -2.20. The first-order chi connectivity index (χ1) is 12.5. The average molecular weight is 398 g/mol. The van der Waals surface area contributed by atoms with E-state index in [1.54, 1.807) is 25.1 Å². The van der Waals surface area contributed by atoms with E-state index in [-0.39, 0.29) is 12.2 Å². The number of likely N-dealkylation sites (N-methyl/N-ethyl adjacent to an activating group) is 1. The maximum Gasteiger partial charge on any atom is 0.329 e. The summed E-state index contributed by atoms with van der Waals surface area (Å²) in [7, 11) is -3.35. The summed E-state index contributed by atoms with van der Waals surface area (Å²) in [5, 5.41) is 5.02. The third-order valence-electron chi connectivity index (χ3n) is 3.66. The van der Waals surface area contributed by atoms with Gasteiger partial charge in [-0.1, -0.05) is 17.7 Å². The van der Waals surface area contributed by atoms with E-state index in [1.807, 2.05) is 13.0 Å². The van der Waals surface area contributed by atoms with Crippen molar-refractivity contribution in [3.63, 3.8) is 0 Å². The number of hydrogen-bond donors (Lipinski definition) is 2. The molecule has 27 heavy (non-hydrogen) atoms. The third-order valence-corrected chi connectivity index (χ3v) is 4.64. The van der Waals surface area contributed by atoms with Crippen LogP contribution in [0.15, 0.2) is 24.3 Å². The summed E-state index contributed by atoms with van der Waals surface area (Å²) in [4.78, 5) is 36.5. The molecular weight excluding hydrogens is 372 g/mol. The van der Waals surface area contributed by atoms with Gasteiger partial charge in [0, 0.05) is 18.4 Å². The number of carbonyl (C=O) groups excluding carboxylic acids is 3. The highest BCUT2D eigenvalue weighted by Gasteiger charge is 2.27. The molecule has 0 saturated carbocycles. The van der Waals surface area contributed by atoms with Gasteiger partial charge in [-0.05, 0) is 39.3 Å². The monoisotopic (exact) mass is 398 g/mol. The number of hydrogen-bond acceptors (Lipinski definition) is 6. The number of sulfone groups is 1. The van der Waals surface area contributed by atoms with E-state index >= 15 is 0 Å². The van der Waals surface area contributed by atoms with Gasteiger partial charge in [0.1, 0.15) is 15.9 Å². The molecule has 0 unspecified atom stereocenters. The van der Waals surface area contributed by atoms with E-state index < -0.39 is 39.8 Å². The lowest BCUT2D eigenvalue weighted by molar-refractivity contribution is -0.156. The lowest BCUT2D eigenvalue weighted by atomic mass is 10.1. The zero-order valence-corrected chi connectivity index (χ0v) is 16.8. The zero-order valence-electron chi connectivity index (χ0n) is 15.9. The van der Waals surface area contributed by atoms with Crippen LogP contribution in [0.1, 0.15) is 36.2 Å². The molecule has 8 nitrogen and oxygen atoms in total. The molecule has 0 radical (unpaired) electrons. The standard InChI is InChI=1S/C18H26N2O6S/c1-5-19-16(21)13(3)26-18(23)15(9-10-27(4,24)25)20-17(22)14-8-6-7-12(2)11-14/h6-8,11,13,15H,5,9-10H2,1-4H3,(H,19,21)(H,20,22)/t13-,15+/m0/s1. The fraction of sp³-hybridized carbons (Fsp3) is 0.500. The van der Waals surface area contributed by atoms with Crippen LogP contribution in [0.25, 0.3) is 0 Å². The van der Waals surface area contributed by atoms with Gasteiger partial charge >= 0.3 is 5.97 Å². The maximum atomic E-state index is 12.4. The highest BCUT2D eigenvalue weighted by Crippen LogP contribution is 2.07. The van der Waals surface area contributed by atoms with Crippen molar-refractivity contribution in [2.24, 2.45) is 0 Å². The Bertz CT molecular complexity index is 791. The molecule has 1 aromatic carbocycles. The molecule has 2 N–H and O–H groups in total. The Kier molecular flexibility index (Phi) is 8.42. The second-order valence-corrected chi connectivity index (χ2v) is 8.55. The van der Waals surface area contributed by atoms with E-state index in [0.717, 1.165) is 11.8 Å². The lowest BCUT2D eigenvalue weighted by Crippen LogP contribution is -2.45. The third kappa shape index (κ3) is 8.21. The van der Waals surface area contributed by atoms with Crippen LogP contribution >= 0.6 is 0 Å². The Morgan fingerprint density at radius 3 is 2.44 bits per heavy atom. The summed E-state index contributed by atoms with van der Waals surface area (Å²) in [6.07, 6.45) is -0.180. The molecular formula is C18H26N2O6S. The van der Waals surface area contributed by atoms with E-state index in [4.69, 9.17) is 4.74 Å². The highest BCUT2D eigenvalue weighted by atomic mass is 32.2. The molecule has 0 aromatic heterocycles. The minimum Gasteiger partial charge on any atom is -0.451 e. The van der Waals surface area contributed by atoms with E-state index in [1.165, 1.54) is 6.92 Å². The molecule has 2 atom stereocenters. The summed E-state index contributed by atoms with van der Waals surface area (Å²) in [6.45, 7) is 5.32. The predicted molar refractivity (Wildman–Crippen MR) is 101 cm³/mol. The van der Waals surface area contributed by atoms with Crippen LogP contribution in [-0.4, -0.2) is 56.9 Å². The van der Waals surface area contributed by atoms with Crippen LogP contribution in [0, 0.1) is 6.92 Å². The van der Waals surface area contributed by atoms with Crippen molar-refractivity contribution >= 4 is 27.6 Å². The van der Waals surface area contributed by atoms with Gasteiger partial charge in [0.25, 0.3) is 11.8 Å². The smallest absolute Gasteiger partial charge is 0.329 e. The largest absolute Gasteiger partial charge is 0.451 e. The topological polar surface area (TPSA) is 119 Å². The molecule has 0 spiro atoms. The number of nitrogens with one attached hydrogen (secondary N) is 2. The quantitative estimate of drug-likeness (QED) is 0.588. The normalized spacial score (nSPS) is 13.3. The Hall–Kier alpha value is -2.42. The van der Waals surface area contributed by atoms with Crippen LogP contribution in [0.4, 0.5) is 0 Å². The summed E-state index contributed by atoms with van der Waals surface area (Å²) < 4.78 is 28.0. The minimum atomic E-state index is -3.35. The summed E-state index contributed by atoms with van der Waals surface area (Å²) in [6, 6.07) is 5.56. The zero-order chi connectivity index (χ0) is 20.6. The number of carbonyl (C=O) groups is 3. The van der Waals surface area contributed by atoms with Crippen molar-refractivity contribution in [3.8, 4) is 0 Å². The van der Waals surface area contributed by atoms with Crippen LogP contribution in [0.5, 0.6) is 0 Å². The van der Waals surface area contributed by atoms with Gasteiger partial charge < -0.3 is 15.4 Å². The van der Waals surface area contributed by atoms with Crippen molar-refractivity contribution in [1.29, 1.82) is 0 Å². The molecule has 0 aliphatic rings. The first kappa shape index (κ1) is 22.6. The minimum absolute atomic E-state index is 0.155. The number of amides is 2. The van der Waals surface area contributed by atoms with Gasteiger partial charge in [0.05, 0.1) is 5.75 Å². The molecule has 0 bridgehead atoms. The summed E-state index contributed by atoms with van der Waals surface area (Å²) in [5.41, 5.74) is 1.20. The molecule has 2 amide bonds. The van der Waals surface area contributed by atoms with Gasteiger partial charge in [0.2, 0.25) is 0 Å². The number of esters is 1. The summed E-state index contributed by atoms with van der Waals surface area (Å²) in [5.74, 6) is -2.17. The molecule has 0 aliphatic heterocycles. The Balaban J connectivity index is 2.89. The predicted octanol–water partition coefficient (Wildman–Crippen LogP) is 0.596. The van der Waals surface area contributed by atoms with Crippen LogP contribution < -0.4 is 10.6 Å². The second-order valence-electron chi connectivity index (χ2n) is 6.29. The Morgan fingerprint density at radius 2 is 1.89 bits per heavy atom. The number of aryl methyl sites for hydroxylation is 1. The first-order valence-corrected chi connectivity index (χ1v) is 10.6. The molecule has 0 fully saturated rings. The first-order valence-electron chi connectivity index (χ1n) is 8.57. The van der Waals surface area contributed by atoms with Gasteiger partial charge in [-0.2, -0.15) is 0 Å². The summed E-state index contributed by atoms with van der Waals surface area (Å²) >= 11 is 0. The van der Waals surface area contributed by atoms with Crippen molar-refractivity contribution < 1.29 is 27.5 Å². The SMILES string of the molecule is CCNC(=O)[C@H](C)OC(=O)[C@@H](CCS(C)(=O)=O)NC(=O)c1cccc(C)c1. The van der Waals surface area contributed by atoms with Crippen molar-refractivity contribution in [2.45, 2.75) is 39.3 Å². The van der Waals surface area contributed by atoms with Gasteiger partial charge in [0.15, 0.2) is 6.10 Å². The molecule has 0 saturated heterocycles. The second kappa shape index (κ2) is 10.1. The van der Waals surface area contributed by atoms with E-state index in [9.17, 15) is 22.8 Å². The van der Waals surface area contributed by atoms with Gasteiger partial charge in [-0.3, -0.25) is 9.59 Å². The Morgan fingerprint density at radius 1 is 1.22 bits per heavy atom. The van der Waals surface area contributed by atoms with Crippen molar-refractivity contribution in [3.05, 3.63) is 35.4 Å². The van der Waals surface area contributed by atoms with Crippen LogP contribution in [0.2, 0.25) is 0 Å². The van der Waals surface area contributed by atoms with Crippen molar-refractivity contribution in [1.82, 2.24) is 10.6 Å². The van der Waals surface area contributed by atoms with Gasteiger partial charge in [-0.15, -0.1) is 0 Å². The number of rotatable bonds is 9. The van der Waals surface area contributed by atoms with E-state index in [0.29, 0.717) is 12.1 Å². The molecule has 1 rings (SSSR count). The average Bonchev–Trinajstić information content (AvgIpc) is 2.57. The fourth-order valence-corrected chi connectivity index (χ4v) is 2.90. The van der Waals surface area contributed by atoms with Crippen LogP contribution in [0.3, 0.4) is 0 Å². The number of ether oxygens (including phenoxy) is 1. The van der Waals surface area contributed by atoms with Crippen molar-refractivity contribution in [2.75, 3.05) is 18.6 Å². The highest BCUT2D eigenvalue weighted by molar-refractivity contribution is 7.90. The maximum absolute atomic E-state index is 12.4. The fourth-order valence-electron chi connectivity index (χ4n) is 2.24. The van der Waals surface area contributed by atoms with Crippen LogP contribution in [-0.2, 0) is 24.2 Å². The molecule has 1 aromatic rings. The van der Waals surface area contributed by atoms with Gasteiger partial charge in [-0.25, -0.2) is 13.2 Å². The van der Waals surface area contributed by atoms with E-state index in [2.05, 4.69) is 10.6 Å².